The number of hydrogen-bond donors (Lipinski definition) is 2. The van der Waals surface area contributed by atoms with Crippen LogP contribution in [0.25, 0.3) is 11.4 Å². The molecule has 0 atom stereocenters. The second-order valence-corrected chi connectivity index (χ2v) is 4.41. The van der Waals surface area contributed by atoms with E-state index in [1.165, 1.54) is 0 Å². The third-order valence-corrected chi connectivity index (χ3v) is 2.68. The molecule has 0 aliphatic carbocycles. The van der Waals surface area contributed by atoms with Gasteiger partial charge in [0.1, 0.15) is 5.82 Å². The first-order chi connectivity index (χ1) is 8.29. The lowest BCUT2D eigenvalue weighted by Crippen LogP contribution is -2.14. The molecule has 0 amide bonds. The maximum atomic E-state index is 5.43. The van der Waals surface area contributed by atoms with Crippen molar-refractivity contribution < 1.29 is 0 Å². The molecule has 4 nitrogen and oxygen atoms in total. The maximum Gasteiger partial charge on any atom is 0.161 e. The predicted octanol–water partition coefficient (Wildman–Crippen LogP) is 2.28. The summed E-state index contributed by atoms with van der Waals surface area (Å²) in [4.78, 5) is 8.68. The first kappa shape index (κ1) is 12.0. The molecule has 5 heteroatoms. The molecule has 1 heterocycles. The molecule has 0 aliphatic rings. The molecule has 88 valence electrons. The molecule has 0 bridgehead atoms. The minimum atomic E-state index is 0.580. The summed E-state index contributed by atoms with van der Waals surface area (Å²) in [5, 5.41) is 3.13. The van der Waals surface area contributed by atoms with Crippen molar-refractivity contribution in [3.05, 3.63) is 41.0 Å². The highest BCUT2D eigenvalue weighted by Gasteiger charge is 2.02. The highest BCUT2D eigenvalue weighted by molar-refractivity contribution is 9.10. The second kappa shape index (κ2) is 5.75. The second-order valence-electron chi connectivity index (χ2n) is 3.49. The lowest BCUT2D eigenvalue weighted by Gasteiger charge is -2.05. The molecule has 0 saturated heterocycles. The van der Waals surface area contributed by atoms with Crippen LogP contribution in [0.2, 0.25) is 0 Å². The minimum Gasteiger partial charge on any atom is -0.369 e. The Morgan fingerprint density at radius 3 is 2.94 bits per heavy atom. The number of nitrogens with two attached hydrogens (primary N) is 1. The topological polar surface area (TPSA) is 63.8 Å². The minimum absolute atomic E-state index is 0.580. The maximum absolute atomic E-state index is 5.43. The van der Waals surface area contributed by atoms with Gasteiger partial charge in [-0.05, 0) is 18.2 Å². The summed E-state index contributed by atoms with van der Waals surface area (Å²) in [6.45, 7) is 1.28. The summed E-state index contributed by atoms with van der Waals surface area (Å²) in [7, 11) is 0. The number of rotatable bonds is 4. The van der Waals surface area contributed by atoms with E-state index in [0.29, 0.717) is 18.9 Å². The van der Waals surface area contributed by atoms with Crippen LogP contribution in [0.1, 0.15) is 0 Å². The van der Waals surface area contributed by atoms with Crippen molar-refractivity contribution in [1.29, 1.82) is 0 Å². The van der Waals surface area contributed by atoms with Crippen molar-refractivity contribution in [1.82, 2.24) is 9.97 Å². The Hall–Kier alpha value is -1.46. The Labute approximate surface area is 108 Å². The Bertz CT molecular complexity index is 501. The summed E-state index contributed by atoms with van der Waals surface area (Å²) < 4.78 is 1.01. The SMILES string of the molecule is NCCNc1ccnc(-c2cccc(Br)c2)n1. The van der Waals surface area contributed by atoms with Crippen molar-refractivity contribution in [3.63, 3.8) is 0 Å². The van der Waals surface area contributed by atoms with Crippen molar-refractivity contribution in [2.45, 2.75) is 0 Å². The average molecular weight is 293 g/mol. The lowest BCUT2D eigenvalue weighted by atomic mass is 10.2. The number of hydrogen-bond acceptors (Lipinski definition) is 4. The van der Waals surface area contributed by atoms with E-state index in [0.717, 1.165) is 15.9 Å². The fourth-order valence-corrected chi connectivity index (χ4v) is 1.82. The van der Waals surface area contributed by atoms with Crippen LogP contribution >= 0.6 is 15.9 Å². The van der Waals surface area contributed by atoms with Crippen LogP contribution in [0.3, 0.4) is 0 Å². The molecule has 0 saturated carbocycles. The molecule has 0 aliphatic heterocycles. The molecule has 3 N–H and O–H groups in total. The third-order valence-electron chi connectivity index (χ3n) is 2.19. The Balaban J connectivity index is 2.26. The zero-order valence-electron chi connectivity index (χ0n) is 9.23. The van der Waals surface area contributed by atoms with Crippen LogP contribution < -0.4 is 11.1 Å². The van der Waals surface area contributed by atoms with Crippen LogP contribution in [0, 0.1) is 0 Å². The fourth-order valence-electron chi connectivity index (χ4n) is 1.42. The molecular formula is C12H13BrN4. The van der Waals surface area contributed by atoms with Crippen LogP contribution in [0.5, 0.6) is 0 Å². The number of benzene rings is 1. The molecular weight excluding hydrogens is 280 g/mol. The van der Waals surface area contributed by atoms with E-state index in [9.17, 15) is 0 Å². The first-order valence-electron chi connectivity index (χ1n) is 5.32. The summed E-state index contributed by atoms with van der Waals surface area (Å²) in [5.74, 6) is 1.49. The van der Waals surface area contributed by atoms with E-state index in [2.05, 4.69) is 31.2 Å². The van der Waals surface area contributed by atoms with Gasteiger partial charge >= 0.3 is 0 Å². The highest BCUT2D eigenvalue weighted by Crippen LogP contribution is 2.20. The standard InChI is InChI=1S/C12H13BrN4/c13-10-3-1-2-9(8-10)12-16-6-4-11(17-12)15-7-5-14/h1-4,6,8H,5,7,14H2,(H,15,16,17). The number of halogens is 1. The van der Waals surface area contributed by atoms with Gasteiger partial charge in [-0.1, -0.05) is 28.1 Å². The third kappa shape index (κ3) is 3.25. The number of aromatic nitrogens is 2. The number of nitrogens with zero attached hydrogens (tertiary/aromatic N) is 2. The Morgan fingerprint density at radius 1 is 1.29 bits per heavy atom. The van der Waals surface area contributed by atoms with Crippen LogP contribution in [0.15, 0.2) is 41.0 Å². The van der Waals surface area contributed by atoms with Gasteiger partial charge in [-0.25, -0.2) is 9.97 Å². The molecule has 0 radical (unpaired) electrons. The van der Waals surface area contributed by atoms with Gasteiger partial charge in [0.05, 0.1) is 0 Å². The monoisotopic (exact) mass is 292 g/mol. The average Bonchev–Trinajstić information content (AvgIpc) is 2.37. The van der Waals surface area contributed by atoms with Gasteiger partial charge in [0.25, 0.3) is 0 Å². The summed E-state index contributed by atoms with van der Waals surface area (Å²) >= 11 is 3.43. The van der Waals surface area contributed by atoms with E-state index in [-0.39, 0.29) is 0 Å². The highest BCUT2D eigenvalue weighted by atomic mass is 79.9. The van der Waals surface area contributed by atoms with E-state index >= 15 is 0 Å². The Kier molecular flexibility index (Phi) is 4.06. The molecule has 0 fully saturated rings. The van der Waals surface area contributed by atoms with Gasteiger partial charge in [0, 0.05) is 29.3 Å². The van der Waals surface area contributed by atoms with E-state index < -0.39 is 0 Å². The first-order valence-corrected chi connectivity index (χ1v) is 6.12. The fraction of sp³-hybridized carbons (Fsp3) is 0.167. The summed E-state index contributed by atoms with van der Waals surface area (Å²) in [5.41, 5.74) is 6.42. The van der Waals surface area contributed by atoms with Gasteiger partial charge < -0.3 is 11.1 Å². The van der Waals surface area contributed by atoms with Crippen molar-refractivity contribution in [3.8, 4) is 11.4 Å². The zero-order valence-corrected chi connectivity index (χ0v) is 10.8. The van der Waals surface area contributed by atoms with Crippen molar-refractivity contribution in [2.75, 3.05) is 18.4 Å². The molecule has 0 spiro atoms. The smallest absolute Gasteiger partial charge is 0.161 e. The molecule has 17 heavy (non-hydrogen) atoms. The predicted molar refractivity (Wildman–Crippen MR) is 72.7 cm³/mol. The molecule has 2 aromatic rings. The van der Waals surface area contributed by atoms with E-state index in [1.807, 2.05) is 30.3 Å². The van der Waals surface area contributed by atoms with Gasteiger partial charge in [0.2, 0.25) is 0 Å². The Morgan fingerprint density at radius 2 is 2.18 bits per heavy atom. The van der Waals surface area contributed by atoms with Crippen LogP contribution in [-0.2, 0) is 0 Å². The quantitative estimate of drug-likeness (QED) is 0.907. The van der Waals surface area contributed by atoms with Crippen molar-refractivity contribution in [2.24, 2.45) is 5.73 Å². The zero-order chi connectivity index (χ0) is 12.1. The van der Waals surface area contributed by atoms with E-state index in [4.69, 9.17) is 5.73 Å². The summed E-state index contributed by atoms with van der Waals surface area (Å²) in [6, 6.07) is 9.73. The van der Waals surface area contributed by atoms with Crippen molar-refractivity contribution >= 4 is 21.7 Å². The molecule has 0 unspecified atom stereocenters. The molecule has 1 aromatic carbocycles. The van der Waals surface area contributed by atoms with Gasteiger partial charge in [-0.3, -0.25) is 0 Å². The van der Waals surface area contributed by atoms with Crippen LogP contribution in [-0.4, -0.2) is 23.1 Å². The summed E-state index contributed by atoms with van der Waals surface area (Å²) in [6.07, 6.45) is 1.74. The normalized spacial score (nSPS) is 10.2. The van der Waals surface area contributed by atoms with Gasteiger partial charge in [-0.15, -0.1) is 0 Å². The van der Waals surface area contributed by atoms with E-state index in [1.54, 1.807) is 6.20 Å². The lowest BCUT2D eigenvalue weighted by molar-refractivity contribution is 1.01. The number of nitrogens with one attached hydrogen (secondary N) is 1. The molecule has 2 rings (SSSR count). The van der Waals surface area contributed by atoms with Gasteiger partial charge in [0.15, 0.2) is 5.82 Å². The van der Waals surface area contributed by atoms with Gasteiger partial charge in [-0.2, -0.15) is 0 Å². The molecule has 1 aromatic heterocycles. The largest absolute Gasteiger partial charge is 0.369 e. The van der Waals surface area contributed by atoms with Crippen LogP contribution in [0.4, 0.5) is 5.82 Å². The number of anilines is 1.